The van der Waals surface area contributed by atoms with Crippen LogP contribution >= 0.6 is 0 Å². The Morgan fingerprint density at radius 2 is 2.06 bits per heavy atom. The molecule has 2 N–H and O–H groups in total. The zero-order chi connectivity index (χ0) is 13.6. The van der Waals surface area contributed by atoms with E-state index in [1.165, 1.54) is 4.31 Å². The molecule has 0 spiro atoms. The van der Waals surface area contributed by atoms with Crippen molar-refractivity contribution in [1.29, 1.82) is 0 Å². The van der Waals surface area contributed by atoms with Crippen molar-refractivity contribution in [3.8, 4) is 0 Å². The minimum Gasteiger partial charge on any atom is -0.398 e. The summed E-state index contributed by atoms with van der Waals surface area (Å²) in [5, 5.41) is 0. The number of nitrogens with zero attached hydrogens (tertiary/aromatic N) is 1. The van der Waals surface area contributed by atoms with Crippen molar-refractivity contribution < 1.29 is 8.42 Å². The second-order valence-electron chi connectivity index (χ2n) is 4.21. The van der Waals surface area contributed by atoms with E-state index in [-0.39, 0.29) is 5.75 Å². The van der Waals surface area contributed by atoms with Gasteiger partial charge in [0.1, 0.15) is 0 Å². The minimum atomic E-state index is -3.30. The number of rotatable bonds is 7. The molecule has 1 aromatic carbocycles. The van der Waals surface area contributed by atoms with E-state index >= 15 is 0 Å². The lowest BCUT2D eigenvalue weighted by Crippen LogP contribution is -2.29. The molecule has 0 amide bonds. The summed E-state index contributed by atoms with van der Waals surface area (Å²) in [7, 11) is -1.70. The first-order chi connectivity index (χ1) is 8.47. The van der Waals surface area contributed by atoms with Gasteiger partial charge in [-0.25, -0.2) is 12.7 Å². The number of sulfonamides is 1. The highest BCUT2D eigenvalue weighted by atomic mass is 32.2. The Morgan fingerprint density at radius 3 is 2.67 bits per heavy atom. The second-order valence-corrected chi connectivity index (χ2v) is 6.28. The molecular formula is C13H20N2O2S. The predicted octanol–water partition coefficient (Wildman–Crippen LogP) is 2.00. The van der Waals surface area contributed by atoms with Crippen LogP contribution in [0.2, 0.25) is 0 Å². The fourth-order valence-corrected chi connectivity index (χ4v) is 2.85. The van der Waals surface area contributed by atoms with Gasteiger partial charge < -0.3 is 5.73 Å². The molecule has 0 aliphatic rings. The van der Waals surface area contributed by atoms with Crippen molar-refractivity contribution in [2.45, 2.75) is 18.6 Å². The fraction of sp³-hybridized carbons (Fsp3) is 0.385. The molecule has 0 saturated heterocycles. The van der Waals surface area contributed by atoms with Crippen LogP contribution in [0.3, 0.4) is 0 Å². The molecule has 5 heteroatoms. The largest absolute Gasteiger partial charge is 0.398 e. The van der Waals surface area contributed by atoms with Gasteiger partial charge in [0.15, 0.2) is 0 Å². The van der Waals surface area contributed by atoms with Gasteiger partial charge in [0.25, 0.3) is 0 Å². The van der Waals surface area contributed by atoms with Crippen molar-refractivity contribution in [2.24, 2.45) is 0 Å². The molecule has 0 radical (unpaired) electrons. The molecule has 100 valence electrons. The van der Waals surface area contributed by atoms with Crippen LogP contribution in [0.25, 0.3) is 0 Å². The van der Waals surface area contributed by atoms with E-state index in [0.717, 1.165) is 12.8 Å². The second kappa shape index (κ2) is 6.56. The molecule has 0 bridgehead atoms. The third-order valence-electron chi connectivity index (χ3n) is 2.75. The van der Waals surface area contributed by atoms with Crippen LogP contribution < -0.4 is 5.73 Å². The lowest BCUT2D eigenvalue weighted by Gasteiger charge is -2.17. The standard InChI is InChI=1S/C13H20N2O2S/c1-3-4-7-10-15(2)18(16,17)11-12-8-5-6-9-13(12)14/h3,5-6,8-9H,1,4,7,10-11,14H2,2H3. The van der Waals surface area contributed by atoms with Gasteiger partial charge in [-0.05, 0) is 24.5 Å². The topological polar surface area (TPSA) is 63.4 Å². The Morgan fingerprint density at radius 1 is 1.39 bits per heavy atom. The van der Waals surface area contributed by atoms with Crippen LogP contribution in [0.15, 0.2) is 36.9 Å². The summed E-state index contributed by atoms with van der Waals surface area (Å²) in [6.45, 7) is 4.12. The Hall–Kier alpha value is -1.33. The van der Waals surface area contributed by atoms with Gasteiger partial charge in [0.2, 0.25) is 10.0 Å². The van der Waals surface area contributed by atoms with Crippen molar-refractivity contribution in [1.82, 2.24) is 4.31 Å². The van der Waals surface area contributed by atoms with Gasteiger partial charge in [-0.1, -0.05) is 24.3 Å². The van der Waals surface area contributed by atoms with Gasteiger partial charge in [-0.3, -0.25) is 0 Å². The third kappa shape index (κ3) is 4.16. The van der Waals surface area contributed by atoms with Gasteiger partial charge in [0, 0.05) is 19.3 Å². The van der Waals surface area contributed by atoms with Crippen LogP contribution in [-0.2, 0) is 15.8 Å². The van der Waals surface area contributed by atoms with Gasteiger partial charge in [-0.2, -0.15) is 0 Å². The van der Waals surface area contributed by atoms with E-state index in [2.05, 4.69) is 6.58 Å². The first-order valence-electron chi connectivity index (χ1n) is 5.85. The molecule has 1 rings (SSSR count). The lowest BCUT2D eigenvalue weighted by atomic mass is 10.2. The number of nitrogens with two attached hydrogens (primary N) is 1. The van der Waals surface area contributed by atoms with E-state index in [9.17, 15) is 8.42 Å². The number of benzene rings is 1. The van der Waals surface area contributed by atoms with Crippen LogP contribution in [-0.4, -0.2) is 26.3 Å². The van der Waals surface area contributed by atoms with E-state index in [0.29, 0.717) is 17.8 Å². The molecule has 0 unspecified atom stereocenters. The molecule has 4 nitrogen and oxygen atoms in total. The summed E-state index contributed by atoms with van der Waals surface area (Å²) < 4.78 is 25.6. The van der Waals surface area contributed by atoms with Crippen molar-refractivity contribution in [3.63, 3.8) is 0 Å². The molecule has 18 heavy (non-hydrogen) atoms. The summed E-state index contributed by atoms with van der Waals surface area (Å²) in [6.07, 6.45) is 3.38. The number of allylic oxidation sites excluding steroid dienone is 1. The average Bonchev–Trinajstić information content (AvgIpc) is 2.32. The normalized spacial score (nSPS) is 11.7. The Balaban J connectivity index is 2.70. The highest BCUT2D eigenvalue weighted by molar-refractivity contribution is 7.88. The van der Waals surface area contributed by atoms with Crippen molar-refractivity contribution >= 4 is 15.7 Å². The van der Waals surface area contributed by atoms with E-state index in [4.69, 9.17) is 5.73 Å². The van der Waals surface area contributed by atoms with Gasteiger partial charge in [0.05, 0.1) is 5.75 Å². The van der Waals surface area contributed by atoms with Gasteiger partial charge in [-0.15, -0.1) is 6.58 Å². The number of nitrogen functional groups attached to an aromatic ring is 1. The van der Waals surface area contributed by atoms with E-state index in [1.54, 1.807) is 37.4 Å². The third-order valence-corrected chi connectivity index (χ3v) is 4.56. The Labute approximate surface area is 109 Å². The minimum absolute atomic E-state index is 0.0513. The molecule has 0 aliphatic heterocycles. The van der Waals surface area contributed by atoms with Crippen LogP contribution in [0.1, 0.15) is 18.4 Å². The summed E-state index contributed by atoms with van der Waals surface area (Å²) in [6, 6.07) is 7.03. The SMILES string of the molecule is C=CCCCN(C)S(=O)(=O)Cc1ccccc1N. The van der Waals surface area contributed by atoms with E-state index in [1.807, 2.05) is 0 Å². The van der Waals surface area contributed by atoms with E-state index < -0.39 is 10.0 Å². The molecule has 0 aliphatic carbocycles. The number of para-hydroxylation sites is 1. The molecule has 1 aromatic rings. The molecule has 0 saturated carbocycles. The van der Waals surface area contributed by atoms with Gasteiger partial charge >= 0.3 is 0 Å². The highest BCUT2D eigenvalue weighted by Crippen LogP contribution is 2.16. The summed E-state index contributed by atoms with van der Waals surface area (Å²) in [5.41, 5.74) is 6.91. The zero-order valence-electron chi connectivity index (χ0n) is 10.7. The quantitative estimate of drug-likeness (QED) is 0.467. The number of hydrogen-bond donors (Lipinski definition) is 1. The number of unbranched alkanes of at least 4 members (excludes halogenated alkanes) is 1. The van der Waals surface area contributed by atoms with Crippen molar-refractivity contribution in [3.05, 3.63) is 42.5 Å². The molecule has 0 fully saturated rings. The number of anilines is 1. The number of hydrogen-bond acceptors (Lipinski definition) is 3. The fourth-order valence-electron chi connectivity index (χ4n) is 1.57. The monoisotopic (exact) mass is 268 g/mol. The molecule has 0 atom stereocenters. The van der Waals surface area contributed by atoms with Crippen LogP contribution in [0.4, 0.5) is 5.69 Å². The lowest BCUT2D eigenvalue weighted by molar-refractivity contribution is 0.462. The maximum atomic E-state index is 12.1. The Bertz CT molecular complexity index is 497. The summed E-state index contributed by atoms with van der Waals surface area (Å²) >= 11 is 0. The Kier molecular flexibility index (Phi) is 5.37. The maximum absolute atomic E-state index is 12.1. The molecule has 0 aromatic heterocycles. The first kappa shape index (κ1) is 14.7. The molecular weight excluding hydrogens is 248 g/mol. The summed E-state index contributed by atoms with van der Waals surface area (Å²) in [4.78, 5) is 0. The smallest absolute Gasteiger partial charge is 0.218 e. The highest BCUT2D eigenvalue weighted by Gasteiger charge is 2.18. The zero-order valence-corrected chi connectivity index (χ0v) is 11.5. The first-order valence-corrected chi connectivity index (χ1v) is 7.46. The predicted molar refractivity (Wildman–Crippen MR) is 75.5 cm³/mol. The van der Waals surface area contributed by atoms with Crippen LogP contribution in [0, 0.1) is 0 Å². The summed E-state index contributed by atoms with van der Waals surface area (Å²) in [5.74, 6) is -0.0513. The van der Waals surface area contributed by atoms with Crippen LogP contribution in [0.5, 0.6) is 0 Å². The average molecular weight is 268 g/mol. The maximum Gasteiger partial charge on any atom is 0.218 e. The molecule has 0 heterocycles. The van der Waals surface area contributed by atoms with Crippen molar-refractivity contribution in [2.75, 3.05) is 19.3 Å².